The molecule has 1 saturated carbocycles. The summed E-state index contributed by atoms with van der Waals surface area (Å²) in [5.41, 5.74) is 0. The summed E-state index contributed by atoms with van der Waals surface area (Å²) in [4.78, 5) is 0. The third-order valence-corrected chi connectivity index (χ3v) is 2.68. The van der Waals surface area contributed by atoms with Gasteiger partial charge >= 0.3 is 0 Å². The Bertz CT molecular complexity index is 154. The molecule has 0 heterocycles. The fraction of sp³-hybridized carbons (Fsp3) is 0.900. The average Bonchev–Trinajstić information content (AvgIpc) is 2.59. The van der Waals surface area contributed by atoms with Crippen LogP contribution in [0.15, 0.2) is 0 Å². The summed E-state index contributed by atoms with van der Waals surface area (Å²) in [6.07, 6.45) is 6.31. The van der Waals surface area contributed by atoms with Crippen LogP contribution in [0.2, 0.25) is 0 Å². The SMILES string of the molecule is CCC(C#N)CNC1CCCC1. The Morgan fingerprint density at radius 3 is 2.67 bits per heavy atom. The maximum Gasteiger partial charge on any atom is 0.0669 e. The quantitative estimate of drug-likeness (QED) is 0.694. The van der Waals surface area contributed by atoms with Crippen LogP contribution in [-0.2, 0) is 0 Å². The molecule has 68 valence electrons. The lowest BCUT2D eigenvalue weighted by Gasteiger charge is -2.13. The van der Waals surface area contributed by atoms with Gasteiger partial charge in [0.1, 0.15) is 0 Å². The minimum absolute atomic E-state index is 0.214. The standard InChI is InChI=1S/C10H18N2/c1-2-9(7-11)8-12-10-5-3-4-6-10/h9-10,12H,2-6,8H2,1H3. The number of rotatable bonds is 4. The van der Waals surface area contributed by atoms with Crippen molar-refractivity contribution in [2.45, 2.75) is 45.1 Å². The van der Waals surface area contributed by atoms with Crippen LogP contribution in [-0.4, -0.2) is 12.6 Å². The van der Waals surface area contributed by atoms with Gasteiger partial charge in [0.25, 0.3) is 0 Å². The summed E-state index contributed by atoms with van der Waals surface area (Å²) < 4.78 is 0. The number of nitriles is 1. The van der Waals surface area contributed by atoms with Crippen molar-refractivity contribution in [2.24, 2.45) is 5.92 Å². The maximum atomic E-state index is 8.71. The van der Waals surface area contributed by atoms with E-state index in [1.807, 2.05) is 0 Å². The third kappa shape index (κ3) is 2.83. The molecule has 0 spiro atoms. The molecule has 1 aliphatic carbocycles. The fourth-order valence-corrected chi connectivity index (χ4v) is 1.72. The van der Waals surface area contributed by atoms with E-state index >= 15 is 0 Å². The highest BCUT2D eigenvalue weighted by atomic mass is 14.9. The van der Waals surface area contributed by atoms with Gasteiger partial charge in [0.05, 0.1) is 12.0 Å². The van der Waals surface area contributed by atoms with E-state index < -0.39 is 0 Å². The molecule has 1 atom stereocenters. The lowest BCUT2D eigenvalue weighted by Crippen LogP contribution is -2.30. The van der Waals surface area contributed by atoms with Crippen molar-refractivity contribution < 1.29 is 0 Å². The number of hydrogen-bond donors (Lipinski definition) is 1. The van der Waals surface area contributed by atoms with Crippen LogP contribution in [0.1, 0.15) is 39.0 Å². The minimum atomic E-state index is 0.214. The van der Waals surface area contributed by atoms with Gasteiger partial charge < -0.3 is 5.32 Å². The molecule has 0 aliphatic heterocycles. The average molecular weight is 166 g/mol. The van der Waals surface area contributed by atoms with E-state index in [2.05, 4.69) is 18.3 Å². The summed E-state index contributed by atoms with van der Waals surface area (Å²) in [7, 11) is 0. The zero-order valence-electron chi connectivity index (χ0n) is 7.84. The van der Waals surface area contributed by atoms with Crippen LogP contribution in [0.4, 0.5) is 0 Å². The van der Waals surface area contributed by atoms with Crippen molar-refractivity contribution in [3.8, 4) is 6.07 Å². The first kappa shape index (κ1) is 9.54. The highest BCUT2D eigenvalue weighted by molar-refractivity contribution is 4.85. The Hall–Kier alpha value is -0.550. The summed E-state index contributed by atoms with van der Waals surface area (Å²) in [5, 5.41) is 12.2. The van der Waals surface area contributed by atoms with Gasteiger partial charge in [0.15, 0.2) is 0 Å². The van der Waals surface area contributed by atoms with Gasteiger partial charge in [-0.25, -0.2) is 0 Å². The molecule has 2 heteroatoms. The van der Waals surface area contributed by atoms with Crippen molar-refractivity contribution in [1.29, 1.82) is 5.26 Å². The molecule has 1 unspecified atom stereocenters. The van der Waals surface area contributed by atoms with E-state index in [1.165, 1.54) is 25.7 Å². The van der Waals surface area contributed by atoms with E-state index in [4.69, 9.17) is 5.26 Å². The molecule has 0 radical (unpaired) electrons. The zero-order chi connectivity index (χ0) is 8.81. The fourth-order valence-electron chi connectivity index (χ4n) is 1.72. The Labute approximate surface area is 75.0 Å². The van der Waals surface area contributed by atoms with E-state index in [9.17, 15) is 0 Å². The van der Waals surface area contributed by atoms with Gasteiger partial charge in [-0.3, -0.25) is 0 Å². The van der Waals surface area contributed by atoms with Crippen molar-refractivity contribution in [3.05, 3.63) is 0 Å². The molecule has 0 aromatic heterocycles. The Morgan fingerprint density at radius 2 is 2.17 bits per heavy atom. The summed E-state index contributed by atoms with van der Waals surface area (Å²) >= 11 is 0. The van der Waals surface area contributed by atoms with Crippen LogP contribution in [0.5, 0.6) is 0 Å². The monoisotopic (exact) mass is 166 g/mol. The minimum Gasteiger partial charge on any atom is -0.313 e. The molecular formula is C10H18N2. The molecule has 1 fully saturated rings. The predicted molar refractivity (Wildman–Crippen MR) is 49.7 cm³/mol. The van der Waals surface area contributed by atoms with Gasteiger partial charge in [-0.2, -0.15) is 5.26 Å². The summed E-state index contributed by atoms with van der Waals surface area (Å²) in [6, 6.07) is 3.01. The van der Waals surface area contributed by atoms with E-state index in [0.717, 1.165) is 13.0 Å². The lowest BCUT2D eigenvalue weighted by atomic mass is 10.1. The van der Waals surface area contributed by atoms with E-state index in [0.29, 0.717) is 6.04 Å². The molecule has 1 N–H and O–H groups in total. The van der Waals surface area contributed by atoms with Crippen LogP contribution in [0, 0.1) is 17.2 Å². The lowest BCUT2D eigenvalue weighted by molar-refractivity contribution is 0.471. The van der Waals surface area contributed by atoms with Crippen molar-refractivity contribution in [2.75, 3.05) is 6.54 Å². The normalized spacial score (nSPS) is 20.7. The van der Waals surface area contributed by atoms with Crippen molar-refractivity contribution in [3.63, 3.8) is 0 Å². The second kappa shape index (κ2) is 5.16. The van der Waals surface area contributed by atoms with E-state index in [-0.39, 0.29) is 5.92 Å². The molecular weight excluding hydrogens is 148 g/mol. The van der Waals surface area contributed by atoms with Crippen LogP contribution < -0.4 is 5.32 Å². The molecule has 1 aliphatic rings. The molecule has 0 aromatic rings. The van der Waals surface area contributed by atoms with Crippen LogP contribution in [0.3, 0.4) is 0 Å². The Balaban J connectivity index is 2.11. The second-order valence-corrected chi connectivity index (χ2v) is 3.62. The number of hydrogen-bond acceptors (Lipinski definition) is 2. The van der Waals surface area contributed by atoms with Gasteiger partial charge in [-0.1, -0.05) is 19.8 Å². The molecule has 2 nitrogen and oxygen atoms in total. The first-order chi connectivity index (χ1) is 5.86. The molecule has 0 bridgehead atoms. The molecule has 0 saturated heterocycles. The molecule has 1 rings (SSSR count). The van der Waals surface area contributed by atoms with Gasteiger partial charge in [0, 0.05) is 12.6 Å². The van der Waals surface area contributed by atoms with Crippen molar-refractivity contribution >= 4 is 0 Å². The molecule has 0 aromatic carbocycles. The Morgan fingerprint density at radius 1 is 1.50 bits per heavy atom. The van der Waals surface area contributed by atoms with Gasteiger partial charge in [0.2, 0.25) is 0 Å². The molecule has 12 heavy (non-hydrogen) atoms. The highest BCUT2D eigenvalue weighted by Crippen LogP contribution is 2.17. The first-order valence-corrected chi connectivity index (χ1v) is 4.99. The molecule has 0 amide bonds. The van der Waals surface area contributed by atoms with Crippen LogP contribution >= 0.6 is 0 Å². The topological polar surface area (TPSA) is 35.8 Å². The van der Waals surface area contributed by atoms with Crippen LogP contribution in [0.25, 0.3) is 0 Å². The highest BCUT2D eigenvalue weighted by Gasteiger charge is 2.15. The second-order valence-electron chi connectivity index (χ2n) is 3.62. The maximum absolute atomic E-state index is 8.71. The largest absolute Gasteiger partial charge is 0.313 e. The van der Waals surface area contributed by atoms with E-state index in [1.54, 1.807) is 0 Å². The zero-order valence-corrected chi connectivity index (χ0v) is 7.84. The predicted octanol–water partition coefficient (Wildman–Crippen LogP) is 2.07. The number of nitrogens with one attached hydrogen (secondary N) is 1. The number of nitrogens with zero attached hydrogens (tertiary/aromatic N) is 1. The van der Waals surface area contributed by atoms with Gasteiger partial charge in [-0.15, -0.1) is 0 Å². The summed E-state index contributed by atoms with van der Waals surface area (Å²) in [6.45, 7) is 2.96. The Kier molecular flexibility index (Phi) is 4.10. The first-order valence-electron chi connectivity index (χ1n) is 4.99. The third-order valence-electron chi connectivity index (χ3n) is 2.68. The summed E-state index contributed by atoms with van der Waals surface area (Å²) in [5.74, 6) is 0.214. The smallest absolute Gasteiger partial charge is 0.0669 e. The van der Waals surface area contributed by atoms with Crippen molar-refractivity contribution in [1.82, 2.24) is 5.32 Å². The van der Waals surface area contributed by atoms with Gasteiger partial charge in [-0.05, 0) is 19.3 Å².